The summed E-state index contributed by atoms with van der Waals surface area (Å²) < 4.78 is 11.0. The van der Waals surface area contributed by atoms with E-state index in [0.29, 0.717) is 24.7 Å². The molecule has 1 aliphatic carbocycles. The molecule has 0 spiro atoms. The fourth-order valence-corrected chi connectivity index (χ4v) is 3.20. The summed E-state index contributed by atoms with van der Waals surface area (Å²) in [5.74, 6) is 0.727. The molecule has 1 fully saturated rings. The van der Waals surface area contributed by atoms with Crippen LogP contribution in [-0.2, 0) is 9.59 Å². The number of nitrogens with two attached hydrogens (primary N) is 1. The first-order valence-corrected chi connectivity index (χ1v) is 8.30. The van der Waals surface area contributed by atoms with Crippen LogP contribution in [0.3, 0.4) is 0 Å². The second-order valence-electron chi connectivity index (χ2n) is 6.11. The fraction of sp³-hybridized carbons (Fsp3) is 0.444. The predicted octanol–water partition coefficient (Wildman–Crippen LogP) is 1.73. The van der Waals surface area contributed by atoms with Crippen molar-refractivity contribution in [1.82, 2.24) is 4.90 Å². The number of ether oxygens (including phenoxy) is 2. The van der Waals surface area contributed by atoms with Gasteiger partial charge in [0.15, 0.2) is 11.5 Å². The van der Waals surface area contributed by atoms with Crippen molar-refractivity contribution in [2.45, 2.75) is 31.7 Å². The molecule has 1 aliphatic heterocycles. The third kappa shape index (κ3) is 3.88. The minimum Gasteiger partial charge on any atom is -0.486 e. The topological polar surface area (TPSA) is 81.9 Å². The summed E-state index contributed by atoms with van der Waals surface area (Å²) in [4.78, 5) is 25.4. The Labute approximate surface area is 141 Å². The first kappa shape index (κ1) is 16.4. The molecule has 2 N–H and O–H groups in total. The summed E-state index contributed by atoms with van der Waals surface area (Å²) in [5, 5.41) is 0. The highest BCUT2D eigenvalue weighted by atomic mass is 16.6. The lowest BCUT2D eigenvalue weighted by Crippen LogP contribution is -2.43. The van der Waals surface area contributed by atoms with Crippen LogP contribution in [0.2, 0.25) is 0 Å². The minimum atomic E-state index is -0.483. The monoisotopic (exact) mass is 330 g/mol. The van der Waals surface area contributed by atoms with Gasteiger partial charge in [-0.2, -0.15) is 0 Å². The van der Waals surface area contributed by atoms with Crippen molar-refractivity contribution in [3.05, 3.63) is 29.8 Å². The standard InChI is InChI=1S/C18H22N2O4/c19-17(21)12-20(14-3-1-2-4-14)18(22)8-6-13-5-7-15-16(11-13)24-10-9-23-15/h5-8,11,14H,1-4,9-10,12H2,(H2,19,21)/b8-6+. The molecule has 24 heavy (non-hydrogen) atoms. The van der Waals surface area contributed by atoms with E-state index in [1.807, 2.05) is 18.2 Å². The minimum absolute atomic E-state index is 0.0328. The van der Waals surface area contributed by atoms with Crippen molar-refractivity contribution < 1.29 is 19.1 Å². The molecule has 6 nitrogen and oxygen atoms in total. The third-order valence-corrected chi connectivity index (χ3v) is 4.36. The summed E-state index contributed by atoms with van der Waals surface area (Å²) >= 11 is 0. The Bertz CT molecular complexity index is 650. The van der Waals surface area contributed by atoms with Crippen molar-refractivity contribution in [1.29, 1.82) is 0 Å². The van der Waals surface area contributed by atoms with E-state index >= 15 is 0 Å². The SMILES string of the molecule is NC(=O)CN(C(=O)/C=C/c1ccc2c(c1)OCCO2)C1CCCC1. The Morgan fingerprint density at radius 2 is 1.88 bits per heavy atom. The molecule has 2 aliphatic rings. The second kappa shape index (κ2) is 7.38. The van der Waals surface area contributed by atoms with Crippen LogP contribution in [0.5, 0.6) is 11.5 Å². The maximum atomic E-state index is 12.5. The predicted molar refractivity (Wildman–Crippen MR) is 89.6 cm³/mol. The molecular weight excluding hydrogens is 308 g/mol. The lowest BCUT2D eigenvalue weighted by molar-refractivity contribution is -0.133. The molecule has 0 bridgehead atoms. The summed E-state index contributed by atoms with van der Waals surface area (Å²) in [6.07, 6.45) is 7.24. The number of rotatable bonds is 5. The van der Waals surface area contributed by atoms with Crippen molar-refractivity contribution in [2.75, 3.05) is 19.8 Å². The van der Waals surface area contributed by atoms with Crippen LogP contribution >= 0.6 is 0 Å². The van der Waals surface area contributed by atoms with Crippen molar-refractivity contribution in [2.24, 2.45) is 5.73 Å². The van der Waals surface area contributed by atoms with Crippen molar-refractivity contribution >= 4 is 17.9 Å². The van der Waals surface area contributed by atoms with Gasteiger partial charge in [-0.05, 0) is 36.6 Å². The summed E-state index contributed by atoms with van der Waals surface area (Å²) in [6.45, 7) is 1.03. The van der Waals surface area contributed by atoms with Crippen LogP contribution in [0.4, 0.5) is 0 Å². The number of carbonyl (C=O) groups excluding carboxylic acids is 2. The van der Waals surface area contributed by atoms with E-state index in [4.69, 9.17) is 15.2 Å². The first-order valence-electron chi connectivity index (χ1n) is 8.30. The van der Waals surface area contributed by atoms with Crippen LogP contribution in [0.25, 0.3) is 6.08 Å². The number of nitrogens with zero attached hydrogens (tertiary/aromatic N) is 1. The van der Waals surface area contributed by atoms with Gasteiger partial charge in [0.25, 0.3) is 0 Å². The number of benzene rings is 1. The molecule has 0 unspecified atom stereocenters. The lowest BCUT2D eigenvalue weighted by Gasteiger charge is -2.26. The Hall–Kier alpha value is -2.50. The molecule has 3 rings (SSSR count). The molecule has 128 valence electrons. The highest BCUT2D eigenvalue weighted by Crippen LogP contribution is 2.31. The van der Waals surface area contributed by atoms with Crippen LogP contribution in [0, 0.1) is 0 Å². The summed E-state index contributed by atoms with van der Waals surface area (Å²) in [6, 6.07) is 5.64. The average molecular weight is 330 g/mol. The molecule has 1 saturated carbocycles. The van der Waals surface area contributed by atoms with Crippen LogP contribution in [-0.4, -0.2) is 42.5 Å². The van der Waals surface area contributed by atoms with Crippen molar-refractivity contribution in [3.8, 4) is 11.5 Å². The largest absolute Gasteiger partial charge is 0.486 e. The maximum Gasteiger partial charge on any atom is 0.247 e. The Morgan fingerprint density at radius 1 is 1.17 bits per heavy atom. The molecule has 1 heterocycles. The van der Waals surface area contributed by atoms with Crippen LogP contribution in [0.15, 0.2) is 24.3 Å². The van der Waals surface area contributed by atoms with Crippen LogP contribution in [0.1, 0.15) is 31.2 Å². The van der Waals surface area contributed by atoms with Gasteiger partial charge in [-0.25, -0.2) is 0 Å². The molecule has 6 heteroatoms. The van der Waals surface area contributed by atoms with Crippen molar-refractivity contribution in [3.63, 3.8) is 0 Å². The van der Waals surface area contributed by atoms with Gasteiger partial charge in [-0.15, -0.1) is 0 Å². The average Bonchev–Trinajstić information content (AvgIpc) is 3.11. The van der Waals surface area contributed by atoms with E-state index in [-0.39, 0.29) is 18.5 Å². The zero-order valence-corrected chi connectivity index (χ0v) is 13.6. The highest BCUT2D eigenvalue weighted by molar-refractivity contribution is 5.94. The van der Waals surface area contributed by atoms with Crippen LogP contribution < -0.4 is 15.2 Å². The number of primary amides is 1. The number of carbonyl (C=O) groups is 2. The molecule has 0 saturated heterocycles. The molecule has 1 aromatic rings. The van der Waals surface area contributed by atoms with E-state index in [0.717, 1.165) is 31.2 Å². The van der Waals surface area contributed by atoms with E-state index in [1.165, 1.54) is 6.08 Å². The van der Waals surface area contributed by atoms with Gasteiger partial charge in [0.2, 0.25) is 11.8 Å². The quantitative estimate of drug-likeness (QED) is 0.834. The van der Waals surface area contributed by atoms with Gasteiger partial charge < -0.3 is 20.1 Å². The molecule has 2 amide bonds. The Morgan fingerprint density at radius 3 is 2.58 bits per heavy atom. The normalized spacial score (nSPS) is 17.2. The fourth-order valence-electron chi connectivity index (χ4n) is 3.20. The van der Waals surface area contributed by atoms with Gasteiger partial charge in [0.1, 0.15) is 13.2 Å². The molecule has 0 atom stereocenters. The number of amides is 2. The Balaban J connectivity index is 1.71. The Kier molecular flexibility index (Phi) is 5.03. The van der Waals surface area contributed by atoms with Gasteiger partial charge in [0.05, 0.1) is 6.54 Å². The van der Waals surface area contributed by atoms with E-state index in [9.17, 15) is 9.59 Å². The van der Waals surface area contributed by atoms with E-state index in [2.05, 4.69) is 0 Å². The van der Waals surface area contributed by atoms with Gasteiger partial charge >= 0.3 is 0 Å². The van der Waals surface area contributed by atoms with Gasteiger partial charge in [-0.1, -0.05) is 18.9 Å². The number of hydrogen-bond acceptors (Lipinski definition) is 4. The molecular formula is C18H22N2O4. The lowest BCUT2D eigenvalue weighted by atomic mass is 10.1. The molecule has 0 radical (unpaired) electrons. The van der Waals surface area contributed by atoms with E-state index < -0.39 is 5.91 Å². The number of hydrogen-bond donors (Lipinski definition) is 1. The zero-order chi connectivity index (χ0) is 16.9. The van der Waals surface area contributed by atoms with E-state index in [1.54, 1.807) is 11.0 Å². The third-order valence-electron chi connectivity index (χ3n) is 4.36. The molecule has 1 aromatic carbocycles. The summed E-state index contributed by atoms with van der Waals surface area (Å²) in [7, 11) is 0. The highest BCUT2D eigenvalue weighted by Gasteiger charge is 2.26. The first-order chi connectivity index (χ1) is 11.6. The number of fused-ring (bicyclic) bond motifs is 1. The second-order valence-corrected chi connectivity index (χ2v) is 6.11. The maximum absolute atomic E-state index is 12.5. The zero-order valence-electron chi connectivity index (χ0n) is 13.6. The summed E-state index contributed by atoms with van der Waals surface area (Å²) in [5.41, 5.74) is 6.14. The van der Waals surface area contributed by atoms with Gasteiger partial charge in [-0.3, -0.25) is 9.59 Å². The molecule has 0 aromatic heterocycles. The van der Waals surface area contributed by atoms with Gasteiger partial charge in [0, 0.05) is 12.1 Å². The smallest absolute Gasteiger partial charge is 0.247 e.